The fraction of sp³-hybridized carbons (Fsp3) is 0.867. The van der Waals surface area contributed by atoms with Gasteiger partial charge in [-0.3, -0.25) is 9.59 Å². The monoisotopic (exact) mass is 352 g/mol. The Kier molecular flexibility index (Phi) is 6.61. The van der Waals surface area contributed by atoms with Gasteiger partial charge < -0.3 is 10.2 Å². The SMILES string of the molecule is O=C(NCC(F)(F)F)C1CCN(C(=O)CSC2CCCC2)CC1. The third-order valence-electron chi connectivity index (χ3n) is 4.43. The van der Waals surface area contributed by atoms with Crippen molar-refractivity contribution in [1.82, 2.24) is 10.2 Å². The highest BCUT2D eigenvalue weighted by atomic mass is 32.2. The van der Waals surface area contributed by atoms with Gasteiger partial charge in [0.15, 0.2) is 0 Å². The van der Waals surface area contributed by atoms with Crippen LogP contribution in [0.1, 0.15) is 38.5 Å². The smallest absolute Gasteiger partial charge is 0.347 e. The summed E-state index contributed by atoms with van der Waals surface area (Å²) < 4.78 is 36.3. The van der Waals surface area contributed by atoms with Crippen molar-refractivity contribution in [2.45, 2.75) is 50.0 Å². The molecule has 0 bridgehead atoms. The molecule has 1 N–H and O–H groups in total. The van der Waals surface area contributed by atoms with Crippen molar-refractivity contribution >= 4 is 23.6 Å². The number of nitrogens with zero attached hydrogens (tertiary/aromatic N) is 1. The molecule has 2 rings (SSSR count). The Morgan fingerprint density at radius 2 is 1.70 bits per heavy atom. The number of amides is 2. The lowest BCUT2D eigenvalue weighted by Gasteiger charge is -2.31. The van der Waals surface area contributed by atoms with Crippen molar-refractivity contribution < 1.29 is 22.8 Å². The van der Waals surface area contributed by atoms with Crippen LogP contribution in [0.25, 0.3) is 0 Å². The lowest BCUT2D eigenvalue weighted by molar-refractivity contribution is -0.142. The number of alkyl halides is 3. The van der Waals surface area contributed by atoms with E-state index in [0.717, 1.165) is 0 Å². The van der Waals surface area contributed by atoms with E-state index in [1.165, 1.54) is 25.7 Å². The maximum Gasteiger partial charge on any atom is 0.405 e. The molecule has 1 saturated heterocycles. The number of halogens is 3. The normalized spacial score (nSPS) is 20.7. The summed E-state index contributed by atoms with van der Waals surface area (Å²) in [5, 5.41) is 2.51. The van der Waals surface area contributed by atoms with Crippen molar-refractivity contribution in [3.8, 4) is 0 Å². The van der Waals surface area contributed by atoms with Crippen LogP contribution in [0.15, 0.2) is 0 Å². The Morgan fingerprint density at radius 3 is 2.26 bits per heavy atom. The van der Waals surface area contributed by atoms with Crippen molar-refractivity contribution in [3.05, 3.63) is 0 Å². The minimum absolute atomic E-state index is 0.0797. The molecule has 1 heterocycles. The van der Waals surface area contributed by atoms with E-state index in [9.17, 15) is 22.8 Å². The molecule has 0 atom stereocenters. The average Bonchev–Trinajstić information content (AvgIpc) is 3.03. The highest BCUT2D eigenvalue weighted by Crippen LogP contribution is 2.29. The Balaban J connectivity index is 1.66. The number of carbonyl (C=O) groups excluding carboxylic acids is 2. The van der Waals surface area contributed by atoms with Crippen molar-refractivity contribution in [1.29, 1.82) is 0 Å². The van der Waals surface area contributed by atoms with E-state index >= 15 is 0 Å². The van der Waals surface area contributed by atoms with Gasteiger partial charge >= 0.3 is 6.18 Å². The van der Waals surface area contributed by atoms with Gasteiger partial charge in [-0.1, -0.05) is 12.8 Å². The van der Waals surface area contributed by atoms with Gasteiger partial charge in [-0.15, -0.1) is 11.8 Å². The Morgan fingerprint density at radius 1 is 1.09 bits per heavy atom. The second-order valence-electron chi connectivity index (χ2n) is 6.21. The first-order chi connectivity index (χ1) is 10.8. The summed E-state index contributed by atoms with van der Waals surface area (Å²) in [4.78, 5) is 25.6. The largest absolute Gasteiger partial charge is 0.405 e. The van der Waals surface area contributed by atoms with Gasteiger partial charge in [-0.2, -0.15) is 13.2 Å². The van der Waals surface area contributed by atoms with Crippen LogP contribution in [0.4, 0.5) is 13.2 Å². The molecule has 23 heavy (non-hydrogen) atoms. The van der Waals surface area contributed by atoms with Gasteiger partial charge in [0, 0.05) is 24.3 Å². The molecule has 1 saturated carbocycles. The third kappa shape index (κ3) is 6.24. The first kappa shape index (κ1) is 18.4. The van der Waals surface area contributed by atoms with Crippen LogP contribution in [0.2, 0.25) is 0 Å². The molecule has 2 aliphatic rings. The molecule has 0 radical (unpaired) electrons. The number of nitrogens with one attached hydrogen (secondary N) is 1. The van der Waals surface area contributed by atoms with E-state index in [2.05, 4.69) is 0 Å². The minimum Gasteiger partial charge on any atom is -0.347 e. The number of piperidine rings is 1. The van der Waals surface area contributed by atoms with Crippen molar-refractivity contribution in [2.24, 2.45) is 5.92 Å². The molecule has 1 aliphatic heterocycles. The zero-order valence-corrected chi connectivity index (χ0v) is 13.8. The standard InChI is InChI=1S/C15H23F3N2O2S/c16-15(17,18)10-19-14(22)11-5-7-20(8-6-11)13(21)9-23-12-3-1-2-4-12/h11-12H,1-10H2,(H,19,22). The molecular weight excluding hydrogens is 329 g/mol. The molecule has 0 aromatic rings. The summed E-state index contributed by atoms with van der Waals surface area (Å²) in [6.45, 7) is -0.384. The summed E-state index contributed by atoms with van der Waals surface area (Å²) in [6, 6.07) is 0. The Hall–Kier alpha value is -0.920. The van der Waals surface area contributed by atoms with Gasteiger partial charge in [0.2, 0.25) is 11.8 Å². The summed E-state index contributed by atoms with van der Waals surface area (Å²) in [5.41, 5.74) is 0. The van der Waals surface area contributed by atoms with E-state index in [-0.39, 0.29) is 5.91 Å². The fourth-order valence-electron chi connectivity index (χ4n) is 3.06. The van der Waals surface area contributed by atoms with Crippen LogP contribution in [0.5, 0.6) is 0 Å². The van der Waals surface area contributed by atoms with E-state index in [1.54, 1.807) is 16.7 Å². The van der Waals surface area contributed by atoms with Crippen molar-refractivity contribution in [3.63, 3.8) is 0 Å². The van der Waals surface area contributed by atoms with E-state index in [4.69, 9.17) is 0 Å². The molecule has 4 nitrogen and oxygen atoms in total. The average molecular weight is 352 g/mol. The van der Waals surface area contributed by atoms with Crippen LogP contribution in [-0.2, 0) is 9.59 Å². The zero-order chi connectivity index (χ0) is 16.9. The predicted octanol–water partition coefficient (Wildman–Crippen LogP) is 2.58. The van der Waals surface area contributed by atoms with Crippen LogP contribution in [0, 0.1) is 5.92 Å². The maximum absolute atomic E-state index is 12.1. The number of likely N-dealkylation sites (tertiary alicyclic amines) is 1. The summed E-state index contributed by atoms with van der Waals surface area (Å²) in [7, 11) is 0. The number of carbonyl (C=O) groups is 2. The lowest BCUT2D eigenvalue weighted by Crippen LogP contribution is -2.45. The van der Waals surface area contributed by atoms with Gasteiger partial charge in [0.25, 0.3) is 0 Å². The second kappa shape index (κ2) is 8.26. The molecule has 0 unspecified atom stereocenters. The quantitative estimate of drug-likeness (QED) is 0.827. The predicted molar refractivity (Wildman–Crippen MR) is 83.1 cm³/mol. The molecule has 2 fully saturated rings. The van der Waals surface area contributed by atoms with Gasteiger partial charge in [0.05, 0.1) is 5.75 Å². The third-order valence-corrected chi connectivity index (χ3v) is 5.78. The summed E-state index contributed by atoms with van der Waals surface area (Å²) in [5.74, 6) is -0.440. The van der Waals surface area contributed by atoms with E-state index in [1.807, 2.05) is 5.32 Å². The van der Waals surface area contributed by atoms with E-state index < -0.39 is 24.5 Å². The van der Waals surface area contributed by atoms with Crippen LogP contribution in [-0.4, -0.2) is 53.5 Å². The van der Waals surface area contributed by atoms with Gasteiger partial charge in [0.1, 0.15) is 6.54 Å². The Bertz CT molecular complexity index is 417. The highest BCUT2D eigenvalue weighted by Gasteiger charge is 2.32. The van der Waals surface area contributed by atoms with Gasteiger partial charge in [-0.25, -0.2) is 0 Å². The van der Waals surface area contributed by atoms with Gasteiger partial charge in [-0.05, 0) is 25.7 Å². The number of thioether (sulfide) groups is 1. The second-order valence-corrected chi connectivity index (χ2v) is 7.49. The topological polar surface area (TPSA) is 49.4 Å². The van der Waals surface area contributed by atoms with Crippen LogP contribution >= 0.6 is 11.8 Å². The maximum atomic E-state index is 12.1. The molecule has 0 aromatic heterocycles. The van der Waals surface area contributed by atoms with Crippen LogP contribution in [0.3, 0.4) is 0 Å². The molecule has 2 amide bonds. The lowest BCUT2D eigenvalue weighted by atomic mass is 9.96. The van der Waals surface area contributed by atoms with Crippen LogP contribution < -0.4 is 5.32 Å². The molecular formula is C15H23F3N2O2S. The molecule has 0 spiro atoms. The first-order valence-electron chi connectivity index (χ1n) is 8.09. The fourth-order valence-corrected chi connectivity index (χ4v) is 4.29. The Labute approximate surface area is 138 Å². The summed E-state index contributed by atoms with van der Waals surface area (Å²) >= 11 is 1.71. The minimum atomic E-state index is -4.39. The molecule has 132 valence electrons. The number of hydrogen-bond donors (Lipinski definition) is 1. The molecule has 0 aromatic carbocycles. The number of rotatable bonds is 5. The zero-order valence-electron chi connectivity index (χ0n) is 13.0. The highest BCUT2D eigenvalue weighted by molar-refractivity contribution is 8.00. The van der Waals surface area contributed by atoms with E-state index in [0.29, 0.717) is 36.9 Å². The number of hydrogen-bond acceptors (Lipinski definition) is 3. The molecule has 1 aliphatic carbocycles. The first-order valence-corrected chi connectivity index (χ1v) is 9.14. The van der Waals surface area contributed by atoms with Crippen molar-refractivity contribution in [2.75, 3.05) is 25.4 Å². The molecule has 8 heteroatoms. The summed E-state index contributed by atoms with van der Waals surface area (Å²) in [6.07, 6.45) is 1.32.